The molecule has 0 spiro atoms. The minimum Gasteiger partial charge on any atom is -0.390 e. The Kier molecular flexibility index (Phi) is 10.0. The zero-order valence-electron chi connectivity index (χ0n) is 20.8. The number of hydrogen-bond acceptors (Lipinski definition) is 4. The Hall–Kier alpha value is -1.14. The molecule has 186 valence electrons. The van der Waals surface area contributed by atoms with Crippen LogP contribution in [0.1, 0.15) is 71.3 Å². The summed E-state index contributed by atoms with van der Waals surface area (Å²) in [5.41, 5.74) is 1.07. The normalized spacial score (nSPS) is 24.8. The highest BCUT2D eigenvalue weighted by Crippen LogP contribution is 2.38. The van der Waals surface area contributed by atoms with Gasteiger partial charge in [-0.15, -0.1) is 0 Å². The first kappa shape index (κ1) is 26.5. The van der Waals surface area contributed by atoms with E-state index >= 15 is 0 Å². The topological polar surface area (TPSA) is 64.6 Å². The van der Waals surface area contributed by atoms with Gasteiger partial charge in [-0.3, -0.25) is 9.69 Å². The van der Waals surface area contributed by atoms with E-state index in [0.717, 1.165) is 43.8 Å². The van der Waals surface area contributed by atoms with Crippen molar-refractivity contribution in [2.24, 2.45) is 11.8 Å². The van der Waals surface area contributed by atoms with E-state index in [1.165, 1.54) is 31.2 Å². The van der Waals surface area contributed by atoms with E-state index in [4.69, 9.17) is 11.6 Å². The van der Waals surface area contributed by atoms with Crippen LogP contribution in [-0.4, -0.2) is 59.8 Å². The molecule has 0 radical (unpaired) electrons. The number of β-amino-alcohol motifs (C(OH)–C–C–N with tert-alkyl or cyclic N) is 1. The third-order valence-corrected chi connectivity index (χ3v) is 7.36. The molecule has 2 aliphatic rings. The Morgan fingerprint density at radius 1 is 1.15 bits per heavy atom. The van der Waals surface area contributed by atoms with Crippen molar-refractivity contribution in [1.29, 1.82) is 0 Å². The Labute approximate surface area is 205 Å². The molecule has 5 nitrogen and oxygen atoms in total. The van der Waals surface area contributed by atoms with E-state index in [9.17, 15) is 9.90 Å². The monoisotopic (exact) mass is 477 g/mol. The first-order valence-electron chi connectivity index (χ1n) is 12.9. The van der Waals surface area contributed by atoms with Crippen LogP contribution in [-0.2, 0) is 11.2 Å². The van der Waals surface area contributed by atoms with E-state index in [-0.39, 0.29) is 17.5 Å². The quantitative estimate of drug-likeness (QED) is 0.437. The largest absolute Gasteiger partial charge is 0.390 e. The summed E-state index contributed by atoms with van der Waals surface area (Å²) in [6.45, 7) is 9.06. The number of piperidine rings is 1. The molecule has 33 heavy (non-hydrogen) atoms. The molecule has 1 saturated heterocycles. The van der Waals surface area contributed by atoms with Crippen LogP contribution in [0.15, 0.2) is 24.3 Å². The number of carbonyl (C=O) groups excluding carboxylic acids is 1. The van der Waals surface area contributed by atoms with Gasteiger partial charge in [-0.2, -0.15) is 0 Å². The Bertz CT molecular complexity index is 734. The number of carbonyl (C=O) groups is 1. The molecular formula is C27H44ClN3O2. The Morgan fingerprint density at radius 3 is 2.55 bits per heavy atom. The molecule has 0 unspecified atom stereocenters. The SMILES string of the molecule is CC(C)(C)NC(=O)[C@@H]1C[C@@H]2CCCC[C@@H]2CN1C[C@H](O)CNCCCCc1ccc(Cl)cc1. The van der Waals surface area contributed by atoms with Gasteiger partial charge in [0.1, 0.15) is 0 Å². The Morgan fingerprint density at radius 2 is 1.85 bits per heavy atom. The first-order chi connectivity index (χ1) is 15.7. The number of fused-ring (bicyclic) bond motifs is 1. The summed E-state index contributed by atoms with van der Waals surface area (Å²) in [5.74, 6) is 1.45. The van der Waals surface area contributed by atoms with Crippen molar-refractivity contribution in [1.82, 2.24) is 15.5 Å². The lowest BCUT2D eigenvalue weighted by Crippen LogP contribution is -2.59. The molecule has 1 amide bonds. The zero-order valence-corrected chi connectivity index (χ0v) is 21.5. The molecule has 1 heterocycles. The van der Waals surface area contributed by atoms with Crippen molar-refractivity contribution in [2.45, 2.75) is 89.8 Å². The minimum absolute atomic E-state index is 0.119. The van der Waals surface area contributed by atoms with E-state index in [2.05, 4.69) is 27.7 Å². The van der Waals surface area contributed by atoms with E-state index in [0.29, 0.717) is 24.9 Å². The average Bonchev–Trinajstić information content (AvgIpc) is 2.75. The third kappa shape index (κ3) is 8.86. The number of hydrogen-bond donors (Lipinski definition) is 3. The number of rotatable bonds is 10. The predicted molar refractivity (Wildman–Crippen MR) is 137 cm³/mol. The second-order valence-electron chi connectivity index (χ2n) is 11.2. The maximum absolute atomic E-state index is 13.1. The molecule has 0 aromatic heterocycles. The summed E-state index contributed by atoms with van der Waals surface area (Å²) in [6, 6.07) is 7.92. The number of likely N-dealkylation sites (tertiary alicyclic amines) is 1. The zero-order chi connectivity index (χ0) is 23.8. The van der Waals surface area contributed by atoms with Crippen molar-refractivity contribution < 1.29 is 9.90 Å². The Balaban J connectivity index is 1.42. The first-order valence-corrected chi connectivity index (χ1v) is 13.3. The number of aliphatic hydroxyl groups is 1. The van der Waals surface area contributed by atoms with Crippen LogP contribution in [0.2, 0.25) is 5.02 Å². The maximum Gasteiger partial charge on any atom is 0.237 e. The molecule has 4 atom stereocenters. The van der Waals surface area contributed by atoms with Crippen molar-refractivity contribution in [3.05, 3.63) is 34.9 Å². The smallest absolute Gasteiger partial charge is 0.237 e. The third-order valence-electron chi connectivity index (χ3n) is 7.11. The number of nitrogens with one attached hydrogen (secondary N) is 2. The van der Waals surface area contributed by atoms with Crippen molar-refractivity contribution in [3.63, 3.8) is 0 Å². The molecule has 0 bridgehead atoms. The highest BCUT2D eigenvalue weighted by molar-refractivity contribution is 6.30. The lowest BCUT2D eigenvalue weighted by atomic mass is 9.72. The standard InChI is InChI=1S/C27H44ClN3O2/c1-27(2,3)30-26(33)25-16-21-9-4-5-10-22(21)18-31(25)19-24(32)17-29-15-7-6-8-20-11-13-23(28)14-12-20/h11-14,21-22,24-25,29,32H,4-10,15-19H2,1-3H3,(H,30,33)/t21-,22+,24+,25-/m0/s1. The van der Waals surface area contributed by atoms with Crippen LogP contribution in [0, 0.1) is 11.8 Å². The number of aliphatic hydroxyl groups excluding tert-OH is 1. The van der Waals surface area contributed by atoms with Gasteiger partial charge in [0.15, 0.2) is 0 Å². The summed E-state index contributed by atoms with van der Waals surface area (Å²) >= 11 is 5.94. The molecule has 2 fully saturated rings. The lowest BCUT2D eigenvalue weighted by Gasteiger charge is -2.46. The fourth-order valence-corrected chi connectivity index (χ4v) is 5.59. The second-order valence-corrected chi connectivity index (χ2v) is 11.6. The van der Waals surface area contributed by atoms with Gasteiger partial charge in [-0.1, -0.05) is 43.0 Å². The van der Waals surface area contributed by atoms with Gasteiger partial charge in [-0.25, -0.2) is 0 Å². The van der Waals surface area contributed by atoms with Crippen LogP contribution in [0.3, 0.4) is 0 Å². The van der Waals surface area contributed by atoms with E-state index in [1.54, 1.807) is 0 Å². The van der Waals surface area contributed by atoms with E-state index < -0.39 is 6.10 Å². The summed E-state index contributed by atoms with van der Waals surface area (Å²) in [5, 5.41) is 18.1. The van der Waals surface area contributed by atoms with Crippen molar-refractivity contribution >= 4 is 17.5 Å². The highest BCUT2D eigenvalue weighted by Gasteiger charge is 2.40. The molecular weight excluding hydrogens is 434 g/mol. The average molecular weight is 478 g/mol. The van der Waals surface area contributed by atoms with Gasteiger partial charge in [-0.05, 0) is 89.0 Å². The lowest BCUT2D eigenvalue weighted by molar-refractivity contribution is -0.132. The minimum atomic E-state index is -0.466. The molecule has 1 aliphatic heterocycles. The number of unbranched alkanes of at least 4 members (excludes halogenated alkanes) is 1. The van der Waals surface area contributed by atoms with Crippen LogP contribution >= 0.6 is 11.6 Å². The number of nitrogens with zero attached hydrogens (tertiary/aromatic N) is 1. The van der Waals surface area contributed by atoms with Gasteiger partial charge >= 0.3 is 0 Å². The molecule has 1 saturated carbocycles. The molecule has 1 aromatic rings. The van der Waals surface area contributed by atoms with Gasteiger partial charge in [0, 0.05) is 30.2 Å². The number of halogens is 1. The second kappa shape index (κ2) is 12.5. The maximum atomic E-state index is 13.1. The van der Waals surface area contributed by atoms with Gasteiger partial charge in [0.05, 0.1) is 12.1 Å². The van der Waals surface area contributed by atoms with Crippen molar-refractivity contribution in [2.75, 3.05) is 26.2 Å². The van der Waals surface area contributed by atoms with Gasteiger partial charge in [0.25, 0.3) is 0 Å². The van der Waals surface area contributed by atoms with Gasteiger partial charge in [0.2, 0.25) is 5.91 Å². The van der Waals surface area contributed by atoms with Crippen molar-refractivity contribution in [3.8, 4) is 0 Å². The van der Waals surface area contributed by atoms with Crippen LogP contribution in [0.25, 0.3) is 0 Å². The fraction of sp³-hybridized carbons (Fsp3) is 0.741. The van der Waals surface area contributed by atoms with E-state index in [1.807, 2.05) is 32.9 Å². The number of aryl methyl sites for hydroxylation is 1. The predicted octanol–water partition coefficient (Wildman–Crippen LogP) is 4.41. The van der Waals surface area contributed by atoms with Gasteiger partial charge < -0.3 is 15.7 Å². The molecule has 1 aliphatic carbocycles. The number of benzene rings is 1. The summed E-state index contributed by atoms with van der Waals surface area (Å²) in [6.07, 6.45) is 8.78. The molecule has 3 N–H and O–H groups in total. The molecule has 1 aromatic carbocycles. The fourth-order valence-electron chi connectivity index (χ4n) is 5.46. The molecule has 6 heteroatoms. The summed E-state index contributed by atoms with van der Waals surface area (Å²) in [4.78, 5) is 15.4. The van der Waals surface area contributed by atoms with Crippen LogP contribution < -0.4 is 10.6 Å². The van der Waals surface area contributed by atoms with Crippen LogP contribution in [0.4, 0.5) is 0 Å². The summed E-state index contributed by atoms with van der Waals surface area (Å²) < 4.78 is 0. The molecule has 3 rings (SSSR count). The highest BCUT2D eigenvalue weighted by atomic mass is 35.5. The van der Waals surface area contributed by atoms with Crippen LogP contribution in [0.5, 0.6) is 0 Å². The number of amides is 1. The summed E-state index contributed by atoms with van der Waals surface area (Å²) in [7, 11) is 0.